The molecule has 0 atom stereocenters. The van der Waals surface area contributed by atoms with Gasteiger partial charge >= 0.3 is 0 Å². The van der Waals surface area contributed by atoms with Gasteiger partial charge in [-0.25, -0.2) is 0 Å². The SMILES string of the molecule is CCc1ccc(C(N)(N)c2ccc(CC)cc2)cc1. The fourth-order valence-corrected chi connectivity index (χ4v) is 2.20. The molecule has 0 fully saturated rings. The molecule has 0 saturated heterocycles. The van der Waals surface area contributed by atoms with Crippen LogP contribution in [0.5, 0.6) is 0 Å². The average molecular weight is 254 g/mol. The van der Waals surface area contributed by atoms with E-state index in [0.29, 0.717) is 0 Å². The van der Waals surface area contributed by atoms with Gasteiger partial charge < -0.3 is 11.5 Å². The molecule has 0 aromatic heterocycles. The molecule has 0 bridgehead atoms. The first kappa shape index (κ1) is 13.8. The molecule has 0 aliphatic carbocycles. The van der Waals surface area contributed by atoms with Gasteiger partial charge in [0.1, 0.15) is 5.66 Å². The van der Waals surface area contributed by atoms with Gasteiger partial charge in [-0.05, 0) is 35.1 Å². The Morgan fingerprint density at radius 3 is 1.26 bits per heavy atom. The number of rotatable bonds is 4. The van der Waals surface area contributed by atoms with Gasteiger partial charge in [-0.1, -0.05) is 62.4 Å². The number of hydrogen-bond donors (Lipinski definition) is 2. The molecule has 2 aromatic rings. The van der Waals surface area contributed by atoms with E-state index in [1.807, 2.05) is 24.3 Å². The minimum absolute atomic E-state index is 0.932. The van der Waals surface area contributed by atoms with Crippen LogP contribution >= 0.6 is 0 Å². The van der Waals surface area contributed by atoms with E-state index in [4.69, 9.17) is 11.5 Å². The van der Waals surface area contributed by atoms with Crippen LogP contribution in [0.15, 0.2) is 48.5 Å². The maximum absolute atomic E-state index is 6.32. The summed E-state index contributed by atoms with van der Waals surface area (Å²) in [6.45, 7) is 4.27. The molecule has 2 heteroatoms. The summed E-state index contributed by atoms with van der Waals surface area (Å²) in [4.78, 5) is 0. The minimum atomic E-state index is -0.932. The second-order valence-electron chi connectivity index (χ2n) is 4.97. The Labute approximate surface area is 115 Å². The average Bonchev–Trinajstić information content (AvgIpc) is 2.47. The predicted octanol–water partition coefficient (Wildman–Crippen LogP) is 2.93. The first-order chi connectivity index (χ1) is 9.07. The van der Waals surface area contributed by atoms with E-state index in [-0.39, 0.29) is 0 Å². The molecule has 0 aliphatic rings. The molecule has 0 amide bonds. The standard InChI is InChI=1S/C17H22N2/c1-3-13-5-9-15(10-6-13)17(18,19)16-11-7-14(4-2)8-12-16/h5-12H,3-4,18-19H2,1-2H3. The summed E-state index contributed by atoms with van der Waals surface area (Å²) in [6, 6.07) is 16.4. The van der Waals surface area contributed by atoms with Crippen molar-refractivity contribution in [2.24, 2.45) is 11.5 Å². The summed E-state index contributed by atoms with van der Waals surface area (Å²) in [5.41, 5.74) is 16.2. The molecule has 4 N–H and O–H groups in total. The number of aryl methyl sites for hydroxylation is 2. The summed E-state index contributed by atoms with van der Waals surface area (Å²) >= 11 is 0. The van der Waals surface area contributed by atoms with Crippen molar-refractivity contribution in [3.63, 3.8) is 0 Å². The van der Waals surface area contributed by atoms with Crippen LogP contribution in [0.1, 0.15) is 36.1 Å². The van der Waals surface area contributed by atoms with Crippen molar-refractivity contribution in [2.75, 3.05) is 0 Å². The second-order valence-corrected chi connectivity index (χ2v) is 4.97. The van der Waals surface area contributed by atoms with Crippen molar-refractivity contribution >= 4 is 0 Å². The van der Waals surface area contributed by atoms with Crippen molar-refractivity contribution in [1.29, 1.82) is 0 Å². The third-order valence-corrected chi connectivity index (χ3v) is 3.68. The molecular weight excluding hydrogens is 232 g/mol. The zero-order chi connectivity index (χ0) is 13.9. The monoisotopic (exact) mass is 254 g/mol. The van der Waals surface area contributed by atoms with E-state index >= 15 is 0 Å². The molecule has 0 unspecified atom stereocenters. The Kier molecular flexibility index (Phi) is 4.03. The highest BCUT2D eigenvalue weighted by atomic mass is 15.0. The summed E-state index contributed by atoms with van der Waals surface area (Å²) < 4.78 is 0. The normalized spacial score (nSPS) is 11.6. The summed E-state index contributed by atoms with van der Waals surface area (Å²) in [5, 5.41) is 0. The fourth-order valence-electron chi connectivity index (χ4n) is 2.20. The smallest absolute Gasteiger partial charge is 0.116 e. The summed E-state index contributed by atoms with van der Waals surface area (Å²) in [6.07, 6.45) is 2.04. The van der Waals surface area contributed by atoms with Gasteiger partial charge in [-0.15, -0.1) is 0 Å². The van der Waals surface area contributed by atoms with Gasteiger partial charge in [-0.3, -0.25) is 0 Å². The van der Waals surface area contributed by atoms with Crippen LogP contribution in [0.4, 0.5) is 0 Å². The fraction of sp³-hybridized carbons (Fsp3) is 0.294. The molecule has 0 heterocycles. The van der Waals surface area contributed by atoms with Crippen LogP contribution < -0.4 is 11.5 Å². The maximum atomic E-state index is 6.32. The van der Waals surface area contributed by atoms with Gasteiger partial charge in [0.2, 0.25) is 0 Å². The van der Waals surface area contributed by atoms with E-state index in [2.05, 4.69) is 38.1 Å². The highest BCUT2D eigenvalue weighted by Gasteiger charge is 2.24. The maximum Gasteiger partial charge on any atom is 0.116 e. The quantitative estimate of drug-likeness (QED) is 0.824. The topological polar surface area (TPSA) is 52.0 Å². The van der Waals surface area contributed by atoms with E-state index in [1.165, 1.54) is 11.1 Å². The second kappa shape index (κ2) is 5.55. The lowest BCUT2D eigenvalue weighted by molar-refractivity contribution is 0.567. The zero-order valence-electron chi connectivity index (χ0n) is 11.7. The largest absolute Gasteiger partial charge is 0.306 e. The van der Waals surface area contributed by atoms with Crippen molar-refractivity contribution < 1.29 is 0 Å². The van der Waals surface area contributed by atoms with Crippen molar-refractivity contribution in [3.05, 3.63) is 70.8 Å². The highest BCUT2D eigenvalue weighted by Crippen LogP contribution is 2.22. The molecule has 19 heavy (non-hydrogen) atoms. The Hall–Kier alpha value is -1.64. The van der Waals surface area contributed by atoms with Crippen molar-refractivity contribution in [2.45, 2.75) is 32.4 Å². The molecule has 2 nitrogen and oxygen atoms in total. The molecule has 100 valence electrons. The van der Waals surface area contributed by atoms with Crippen molar-refractivity contribution in [1.82, 2.24) is 0 Å². The first-order valence-corrected chi connectivity index (χ1v) is 6.84. The lowest BCUT2D eigenvalue weighted by atomic mass is 9.91. The van der Waals surface area contributed by atoms with Gasteiger partial charge in [-0.2, -0.15) is 0 Å². The lowest BCUT2D eigenvalue weighted by Gasteiger charge is -2.26. The van der Waals surface area contributed by atoms with Crippen molar-refractivity contribution in [3.8, 4) is 0 Å². The lowest BCUT2D eigenvalue weighted by Crippen LogP contribution is -2.47. The molecule has 2 rings (SSSR count). The third kappa shape index (κ3) is 2.86. The van der Waals surface area contributed by atoms with E-state index in [0.717, 1.165) is 24.0 Å². The Morgan fingerprint density at radius 1 is 0.684 bits per heavy atom. The summed E-state index contributed by atoms with van der Waals surface area (Å²) in [7, 11) is 0. The van der Waals surface area contributed by atoms with Crippen LogP contribution in [-0.4, -0.2) is 0 Å². The van der Waals surface area contributed by atoms with E-state index in [9.17, 15) is 0 Å². The highest BCUT2D eigenvalue weighted by molar-refractivity contribution is 5.38. The van der Waals surface area contributed by atoms with E-state index < -0.39 is 5.66 Å². The number of nitrogens with two attached hydrogens (primary N) is 2. The minimum Gasteiger partial charge on any atom is -0.306 e. The van der Waals surface area contributed by atoms with Gasteiger partial charge in [0, 0.05) is 0 Å². The van der Waals surface area contributed by atoms with Crippen LogP contribution in [0.25, 0.3) is 0 Å². The Balaban J connectivity index is 2.33. The van der Waals surface area contributed by atoms with Gasteiger partial charge in [0.05, 0.1) is 0 Å². The van der Waals surface area contributed by atoms with Crippen LogP contribution in [-0.2, 0) is 18.5 Å². The molecule has 0 saturated carbocycles. The molecule has 0 aliphatic heterocycles. The van der Waals surface area contributed by atoms with Crippen LogP contribution in [0.2, 0.25) is 0 Å². The number of hydrogen-bond acceptors (Lipinski definition) is 2. The molecule has 0 radical (unpaired) electrons. The Bertz CT molecular complexity index is 475. The predicted molar refractivity (Wildman–Crippen MR) is 80.8 cm³/mol. The van der Waals surface area contributed by atoms with Crippen LogP contribution in [0.3, 0.4) is 0 Å². The summed E-state index contributed by atoms with van der Waals surface area (Å²) in [5.74, 6) is 0. The first-order valence-electron chi connectivity index (χ1n) is 6.84. The van der Waals surface area contributed by atoms with Crippen LogP contribution in [0, 0.1) is 0 Å². The van der Waals surface area contributed by atoms with Gasteiger partial charge in [0.15, 0.2) is 0 Å². The molecule has 2 aromatic carbocycles. The third-order valence-electron chi connectivity index (χ3n) is 3.68. The number of benzene rings is 2. The zero-order valence-corrected chi connectivity index (χ0v) is 11.7. The van der Waals surface area contributed by atoms with E-state index in [1.54, 1.807) is 0 Å². The van der Waals surface area contributed by atoms with Gasteiger partial charge in [0.25, 0.3) is 0 Å². The molecular formula is C17H22N2. The Morgan fingerprint density at radius 2 is 1.00 bits per heavy atom. The molecule has 0 spiro atoms.